The van der Waals surface area contributed by atoms with Gasteiger partial charge >= 0.3 is 0 Å². The molecule has 0 aliphatic heterocycles. The highest BCUT2D eigenvalue weighted by molar-refractivity contribution is 5.96. The second-order valence-electron chi connectivity index (χ2n) is 8.77. The maximum Gasteiger partial charge on any atom is 0.159 e. The van der Waals surface area contributed by atoms with Crippen molar-refractivity contribution in [1.82, 2.24) is 0 Å². The van der Waals surface area contributed by atoms with Crippen LogP contribution in [0.1, 0.15) is 85.2 Å². The number of aromatic hydroxyl groups is 3. The molecule has 0 aromatic heterocycles. The molecule has 0 saturated carbocycles. The number of Topliss-reactive ketones (excluding diaryl/α,β-unsaturated/α-hetero) is 3. The number of rotatable bonds is 7. The summed E-state index contributed by atoms with van der Waals surface area (Å²) in [6.45, 7) is 7.66. The largest absolute Gasteiger partial charge is 0.507 e. The minimum absolute atomic E-state index is 0.0154. The molecule has 0 saturated heterocycles. The molecule has 34 heavy (non-hydrogen) atoms. The molecule has 3 rings (SSSR count). The van der Waals surface area contributed by atoms with Gasteiger partial charge in [0.15, 0.2) is 17.3 Å². The van der Waals surface area contributed by atoms with Crippen LogP contribution in [0.5, 0.6) is 17.2 Å². The van der Waals surface area contributed by atoms with E-state index in [0.717, 1.165) is 0 Å². The van der Waals surface area contributed by atoms with Crippen LogP contribution >= 0.6 is 0 Å². The molecule has 0 amide bonds. The second kappa shape index (κ2) is 9.51. The molecular formula is C28H28O6. The summed E-state index contributed by atoms with van der Waals surface area (Å²) in [6, 6.07) is 9.49. The fourth-order valence-electron chi connectivity index (χ4n) is 4.02. The molecule has 0 aliphatic rings. The lowest BCUT2D eigenvalue weighted by Gasteiger charge is -2.16. The molecule has 3 N–H and O–H groups in total. The third kappa shape index (κ3) is 5.01. The summed E-state index contributed by atoms with van der Waals surface area (Å²) in [5.41, 5.74) is 4.00. The summed E-state index contributed by atoms with van der Waals surface area (Å²) in [4.78, 5) is 36.0. The predicted octanol–water partition coefficient (Wildman–Crippen LogP) is 5.21. The standard InChI is InChI=1S/C28H28O6/c1-14-6-19(16(3)29)8-22(26(14)32)12-24-10-21(18(5)31)11-25(28(24)34)13-23-9-20(17(4)30)7-15(2)27(23)33/h6-11,32-34H,12-13H2,1-5H3. The van der Waals surface area contributed by atoms with E-state index in [-0.39, 0.29) is 47.4 Å². The molecule has 3 aromatic rings. The average molecular weight is 461 g/mol. The molecule has 0 atom stereocenters. The minimum Gasteiger partial charge on any atom is -0.507 e. The third-order valence-corrected chi connectivity index (χ3v) is 6.01. The Labute approximate surface area is 198 Å². The Morgan fingerprint density at radius 2 is 0.794 bits per heavy atom. The summed E-state index contributed by atoms with van der Waals surface area (Å²) < 4.78 is 0. The topological polar surface area (TPSA) is 112 Å². The van der Waals surface area contributed by atoms with Crippen LogP contribution in [0.3, 0.4) is 0 Å². The Hall–Kier alpha value is -3.93. The Balaban J connectivity index is 2.13. The number of aryl methyl sites for hydroxylation is 2. The summed E-state index contributed by atoms with van der Waals surface area (Å²) >= 11 is 0. The van der Waals surface area contributed by atoms with Gasteiger partial charge in [-0.3, -0.25) is 14.4 Å². The second-order valence-corrected chi connectivity index (χ2v) is 8.77. The van der Waals surface area contributed by atoms with Crippen molar-refractivity contribution in [3.8, 4) is 17.2 Å². The van der Waals surface area contributed by atoms with E-state index in [1.54, 1.807) is 50.2 Å². The van der Waals surface area contributed by atoms with Crippen molar-refractivity contribution in [3.63, 3.8) is 0 Å². The molecule has 0 aliphatic carbocycles. The highest BCUT2D eigenvalue weighted by Gasteiger charge is 2.19. The van der Waals surface area contributed by atoms with Gasteiger partial charge in [-0.25, -0.2) is 0 Å². The van der Waals surface area contributed by atoms with Crippen LogP contribution in [0.2, 0.25) is 0 Å². The molecule has 0 heterocycles. The van der Waals surface area contributed by atoms with Crippen LogP contribution in [-0.4, -0.2) is 32.7 Å². The molecule has 176 valence electrons. The fourth-order valence-corrected chi connectivity index (χ4v) is 4.02. The van der Waals surface area contributed by atoms with Crippen molar-refractivity contribution >= 4 is 17.3 Å². The first-order valence-electron chi connectivity index (χ1n) is 10.9. The highest BCUT2D eigenvalue weighted by atomic mass is 16.3. The maximum absolute atomic E-state index is 12.2. The average Bonchev–Trinajstić information content (AvgIpc) is 2.76. The Morgan fingerprint density at radius 1 is 0.529 bits per heavy atom. The zero-order valence-corrected chi connectivity index (χ0v) is 19.9. The summed E-state index contributed by atoms with van der Waals surface area (Å²) in [5, 5.41) is 32.2. The number of ketones is 3. The predicted molar refractivity (Wildman–Crippen MR) is 129 cm³/mol. The molecule has 6 nitrogen and oxygen atoms in total. The fraction of sp³-hybridized carbons (Fsp3) is 0.250. The van der Waals surface area contributed by atoms with Gasteiger partial charge in [0.2, 0.25) is 0 Å². The molecule has 0 unspecified atom stereocenters. The van der Waals surface area contributed by atoms with Gasteiger partial charge in [0.25, 0.3) is 0 Å². The first kappa shape index (κ1) is 24.7. The number of benzene rings is 3. The van der Waals surface area contributed by atoms with E-state index >= 15 is 0 Å². The van der Waals surface area contributed by atoms with Crippen LogP contribution < -0.4 is 0 Å². The lowest BCUT2D eigenvalue weighted by atomic mass is 9.91. The molecule has 0 fully saturated rings. The van der Waals surface area contributed by atoms with Gasteiger partial charge in [-0.15, -0.1) is 0 Å². The summed E-state index contributed by atoms with van der Waals surface area (Å²) in [6.07, 6.45) is 0.179. The van der Waals surface area contributed by atoms with Crippen molar-refractivity contribution in [2.75, 3.05) is 0 Å². The van der Waals surface area contributed by atoms with Crippen LogP contribution in [0.25, 0.3) is 0 Å². The zero-order valence-electron chi connectivity index (χ0n) is 19.9. The van der Waals surface area contributed by atoms with E-state index in [2.05, 4.69) is 0 Å². The number of carbonyl (C=O) groups excluding carboxylic acids is 3. The van der Waals surface area contributed by atoms with E-state index in [1.807, 2.05) is 0 Å². The quantitative estimate of drug-likeness (QED) is 0.417. The highest BCUT2D eigenvalue weighted by Crippen LogP contribution is 2.35. The van der Waals surface area contributed by atoms with Crippen LogP contribution in [0.15, 0.2) is 36.4 Å². The number of phenolic OH excluding ortho intramolecular Hbond substituents is 3. The van der Waals surface area contributed by atoms with E-state index in [4.69, 9.17) is 0 Å². The summed E-state index contributed by atoms with van der Waals surface area (Å²) in [5.74, 6) is -0.562. The number of phenols is 3. The van der Waals surface area contributed by atoms with Gasteiger partial charge in [-0.2, -0.15) is 0 Å². The molecule has 0 radical (unpaired) electrons. The normalized spacial score (nSPS) is 10.9. The number of hydrogen-bond acceptors (Lipinski definition) is 6. The van der Waals surface area contributed by atoms with Crippen LogP contribution in [-0.2, 0) is 12.8 Å². The van der Waals surface area contributed by atoms with Gasteiger partial charge in [0.1, 0.15) is 17.2 Å². The van der Waals surface area contributed by atoms with Gasteiger partial charge in [-0.1, -0.05) is 0 Å². The van der Waals surface area contributed by atoms with Gasteiger partial charge < -0.3 is 15.3 Å². The third-order valence-electron chi connectivity index (χ3n) is 6.01. The first-order chi connectivity index (χ1) is 15.9. The molecule has 6 heteroatoms. The molecular weight excluding hydrogens is 432 g/mol. The molecule has 0 spiro atoms. The van der Waals surface area contributed by atoms with Crippen molar-refractivity contribution in [2.45, 2.75) is 47.5 Å². The lowest BCUT2D eigenvalue weighted by Crippen LogP contribution is -2.03. The van der Waals surface area contributed by atoms with Crippen molar-refractivity contribution in [2.24, 2.45) is 0 Å². The Morgan fingerprint density at radius 3 is 1.09 bits per heavy atom. The zero-order chi connectivity index (χ0) is 25.3. The monoisotopic (exact) mass is 460 g/mol. The maximum atomic E-state index is 12.2. The smallest absolute Gasteiger partial charge is 0.159 e. The first-order valence-corrected chi connectivity index (χ1v) is 10.9. The van der Waals surface area contributed by atoms with Gasteiger partial charge in [0, 0.05) is 29.5 Å². The van der Waals surface area contributed by atoms with Crippen molar-refractivity contribution in [1.29, 1.82) is 0 Å². The Bertz CT molecular complexity index is 1240. The van der Waals surface area contributed by atoms with Crippen molar-refractivity contribution < 1.29 is 29.7 Å². The van der Waals surface area contributed by atoms with Gasteiger partial charge in [-0.05, 0) is 104 Å². The number of carbonyl (C=O) groups is 3. The number of hydrogen-bond donors (Lipinski definition) is 3. The van der Waals surface area contributed by atoms with Gasteiger partial charge in [0.05, 0.1) is 0 Å². The lowest BCUT2D eigenvalue weighted by molar-refractivity contribution is 0.100. The van der Waals surface area contributed by atoms with Crippen molar-refractivity contribution in [3.05, 3.63) is 86.5 Å². The molecule has 0 bridgehead atoms. The van der Waals surface area contributed by atoms with Crippen LogP contribution in [0.4, 0.5) is 0 Å². The molecule has 3 aromatic carbocycles. The van der Waals surface area contributed by atoms with E-state index in [1.165, 1.54) is 20.8 Å². The van der Waals surface area contributed by atoms with E-state index in [9.17, 15) is 29.7 Å². The minimum atomic E-state index is -0.210. The van der Waals surface area contributed by atoms with E-state index < -0.39 is 0 Å². The SMILES string of the molecule is CC(=O)c1cc(C)c(O)c(Cc2cc(C(C)=O)cc(Cc3cc(C(C)=O)cc(C)c3O)c2O)c1. The van der Waals surface area contributed by atoms with E-state index in [0.29, 0.717) is 50.1 Å². The van der Waals surface area contributed by atoms with Crippen LogP contribution in [0, 0.1) is 13.8 Å². The Kier molecular flexibility index (Phi) is 6.91. The summed E-state index contributed by atoms with van der Waals surface area (Å²) in [7, 11) is 0.